The largest absolute Gasteiger partial charge is 0.378 e. The van der Waals surface area contributed by atoms with Gasteiger partial charge in [0, 0.05) is 23.9 Å². The SMILES string of the molecule is CCc1ccccc1NC(C)c1ccc([N+](=O)[O-])cc1. The number of nitro groups is 1. The van der Waals surface area contributed by atoms with Crippen molar-refractivity contribution >= 4 is 11.4 Å². The molecule has 0 radical (unpaired) electrons. The Balaban J connectivity index is 2.15. The molecule has 4 nitrogen and oxygen atoms in total. The van der Waals surface area contributed by atoms with Crippen molar-refractivity contribution in [2.24, 2.45) is 0 Å². The first kappa shape index (κ1) is 14.1. The van der Waals surface area contributed by atoms with Crippen LogP contribution in [0.5, 0.6) is 0 Å². The molecule has 2 rings (SSSR count). The van der Waals surface area contributed by atoms with Gasteiger partial charge in [-0.25, -0.2) is 0 Å². The first-order chi connectivity index (χ1) is 9.61. The standard InChI is InChI=1S/C16H18N2O2/c1-3-13-6-4-5-7-16(13)17-12(2)14-8-10-15(11-9-14)18(19)20/h4-12,17H,3H2,1-2H3. The Bertz CT molecular complexity index is 594. The maximum atomic E-state index is 10.6. The lowest BCUT2D eigenvalue weighted by Crippen LogP contribution is -2.08. The molecule has 2 aromatic carbocycles. The van der Waals surface area contributed by atoms with Crippen LogP contribution in [0.1, 0.15) is 31.0 Å². The molecule has 0 aliphatic rings. The molecule has 0 fully saturated rings. The summed E-state index contributed by atoms with van der Waals surface area (Å²) in [5, 5.41) is 14.1. The minimum absolute atomic E-state index is 0.100. The first-order valence-electron chi connectivity index (χ1n) is 6.70. The minimum atomic E-state index is -0.381. The van der Waals surface area contributed by atoms with Gasteiger partial charge in [0.25, 0.3) is 5.69 Å². The molecule has 104 valence electrons. The Labute approximate surface area is 118 Å². The van der Waals surface area contributed by atoms with E-state index in [1.54, 1.807) is 24.3 Å². The Morgan fingerprint density at radius 1 is 1.15 bits per heavy atom. The van der Waals surface area contributed by atoms with E-state index in [9.17, 15) is 10.1 Å². The van der Waals surface area contributed by atoms with Crippen molar-refractivity contribution in [2.45, 2.75) is 26.3 Å². The van der Waals surface area contributed by atoms with Crippen molar-refractivity contribution in [2.75, 3.05) is 5.32 Å². The van der Waals surface area contributed by atoms with Gasteiger partial charge in [-0.2, -0.15) is 0 Å². The van der Waals surface area contributed by atoms with Crippen molar-refractivity contribution in [1.82, 2.24) is 0 Å². The molecule has 2 aromatic rings. The van der Waals surface area contributed by atoms with Gasteiger partial charge < -0.3 is 5.32 Å². The monoisotopic (exact) mass is 270 g/mol. The van der Waals surface area contributed by atoms with E-state index in [0.717, 1.165) is 17.7 Å². The van der Waals surface area contributed by atoms with Gasteiger partial charge >= 0.3 is 0 Å². The molecule has 0 saturated carbocycles. The van der Waals surface area contributed by atoms with Crippen molar-refractivity contribution in [1.29, 1.82) is 0 Å². The molecule has 20 heavy (non-hydrogen) atoms. The maximum Gasteiger partial charge on any atom is 0.269 e. The van der Waals surface area contributed by atoms with E-state index in [-0.39, 0.29) is 16.7 Å². The van der Waals surface area contributed by atoms with Gasteiger partial charge in [-0.15, -0.1) is 0 Å². The summed E-state index contributed by atoms with van der Waals surface area (Å²) in [4.78, 5) is 10.3. The minimum Gasteiger partial charge on any atom is -0.378 e. The lowest BCUT2D eigenvalue weighted by atomic mass is 10.1. The van der Waals surface area contributed by atoms with E-state index in [4.69, 9.17) is 0 Å². The fourth-order valence-corrected chi connectivity index (χ4v) is 2.17. The zero-order valence-electron chi connectivity index (χ0n) is 11.7. The molecule has 0 spiro atoms. The Kier molecular flexibility index (Phi) is 4.35. The smallest absolute Gasteiger partial charge is 0.269 e. The van der Waals surface area contributed by atoms with Crippen molar-refractivity contribution in [3.05, 3.63) is 69.8 Å². The summed E-state index contributed by atoms with van der Waals surface area (Å²) in [6, 6.07) is 15.0. The van der Waals surface area contributed by atoms with Crippen LogP contribution in [-0.2, 0) is 6.42 Å². The Morgan fingerprint density at radius 3 is 2.40 bits per heavy atom. The van der Waals surface area contributed by atoms with Crippen molar-refractivity contribution in [3.63, 3.8) is 0 Å². The highest BCUT2D eigenvalue weighted by molar-refractivity contribution is 5.52. The number of rotatable bonds is 5. The van der Waals surface area contributed by atoms with Gasteiger partial charge in [0.2, 0.25) is 0 Å². The van der Waals surface area contributed by atoms with Gasteiger partial charge in [-0.1, -0.05) is 37.3 Å². The topological polar surface area (TPSA) is 55.2 Å². The molecule has 0 bridgehead atoms. The summed E-state index contributed by atoms with van der Waals surface area (Å²) in [5.74, 6) is 0. The summed E-state index contributed by atoms with van der Waals surface area (Å²) in [6.07, 6.45) is 0.968. The molecular formula is C16H18N2O2. The molecule has 0 amide bonds. The van der Waals surface area contributed by atoms with Crippen LogP contribution in [0.25, 0.3) is 0 Å². The normalized spacial score (nSPS) is 11.9. The van der Waals surface area contributed by atoms with Crippen LogP contribution in [-0.4, -0.2) is 4.92 Å². The molecule has 0 aromatic heterocycles. The molecule has 1 atom stereocenters. The van der Waals surface area contributed by atoms with Crippen LogP contribution >= 0.6 is 0 Å². The molecular weight excluding hydrogens is 252 g/mol. The van der Waals surface area contributed by atoms with E-state index < -0.39 is 0 Å². The second kappa shape index (κ2) is 6.19. The zero-order chi connectivity index (χ0) is 14.5. The molecule has 4 heteroatoms. The molecule has 1 N–H and O–H groups in total. The summed E-state index contributed by atoms with van der Waals surface area (Å²) in [5.41, 5.74) is 3.53. The fraction of sp³-hybridized carbons (Fsp3) is 0.250. The van der Waals surface area contributed by atoms with E-state index in [1.807, 2.05) is 19.1 Å². The second-order valence-corrected chi connectivity index (χ2v) is 4.73. The number of nitrogens with one attached hydrogen (secondary N) is 1. The predicted molar refractivity (Wildman–Crippen MR) is 81.0 cm³/mol. The van der Waals surface area contributed by atoms with Gasteiger partial charge in [-0.3, -0.25) is 10.1 Å². The van der Waals surface area contributed by atoms with Crippen LogP contribution in [0.15, 0.2) is 48.5 Å². The highest BCUT2D eigenvalue weighted by atomic mass is 16.6. The number of aryl methyl sites for hydroxylation is 1. The van der Waals surface area contributed by atoms with E-state index in [0.29, 0.717) is 0 Å². The average Bonchev–Trinajstić information content (AvgIpc) is 2.48. The van der Waals surface area contributed by atoms with Crippen LogP contribution in [0.3, 0.4) is 0 Å². The number of benzene rings is 2. The number of anilines is 1. The predicted octanol–water partition coefficient (Wildman–Crippen LogP) is 4.33. The lowest BCUT2D eigenvalue weighted by molar-refractivity contribution is -0.384. The first-order valence-corrected chi connectivity index (χ1v) is 6.70. The number of nitro benzene ring substituents is 1. The average molecular weight is 270 g/mol. The number of nitrogens with zero attached hydrogens (tertiary/aromatic N) is 1. The Morgan fingerprint density at radius 2 is 1.80 bits per heavy atom. The number of para-hydroxylation sites is 1. The van der Waals surface area contributed by atoms with Gasteiger partial charge in [0.15, 0.2) is 0 Å². The third kappa shape index (κ3) is 3.15. The summed E-state index contributed by atoms with van der Waals surface area (Å²) >= 11 is 0. The van der Waals surface area contributed by atoms with Crippen molar-refractivity contribution < 1.29 is 4.92 Å². The zero-order valence-corrected chi connectivity index (χ0v) is 11.7. The van der Waals surface area contributed by atoms with Crippen molar-refractivity contribution in [3.8, 4) is 0 Å². The fourth-order valence-electron chi connectivity index (χ4n) is 2.17. The molecule has 0 aliphatic carbocycles. The number of hydrogen-bond donors (Lipinski definition) is 1. The van der Waals surface area contributed by atoms with Gasteiger partial charge in [-0.05, 0) is 30.5 Å². The third-order valence-corrected chi connectivity index (χ3v) is 3.37. The van der Waals surface area contributed by atoms with Gasteiger partial charge in [0.1, 0.15) is 0 Å². The van der Waals surface area contributed by atoms with Crippen LogP contribution in [0, 0.1) is 10.1 Å². The maximum absolute atomic E-state index is 10.6. The third-order valence-electron chi connectivity index (χ3n) is 3.37. The van der Waals surface area contributed by atoms with Crippen LogP contribution < -0.4 is 5.32 Å². The molecule has 0 aliphatic heterocycles. The van der Waals surface area contributed by atoms with Gasteiger partial charge in [0.05, 0.1) is 4.92 Å². The second-order valence-electron chi connectivity index (χ2n) is 4.73. The highest BCUT2D eigenvalue weighted by Gasteiger charge is 2.10. The number of non-ortho nitro benzene ring substituents is 1. The quantitative estimate of drug-likeness (QED) is 0.650. The highest BCUT2D eigenvalue weighted by Crippen LogP contribution is 2.24. The molecule has 0 saturated heterocycles. The van der Waals surface area contributed by atoms with E-state index >= 15 is 0 Å². The lowest BCUT2D eigenvalue weighted by Gasteiger charge is -2.18. The van der Waals surface area contributed by atoms with Crippen LogP contribution in [0.4, 0.5) is 11.4 Å². The Hall–Kier alpha value is -2.36. The molecule has 1 unspecified atom stereocenters. The van der Waals surface area contributed by atoms with E-state index in [1.165, 1.54) is 5.56 Å². The number of hydrogen-bond acceptors (Lipinski definition) is 3. The summed E-state index contributed by atoms with van der Waals surface area (Å²) in [6.45, 7) is 4.17. The summed E-state index contributed by atoms with van der Waals surface area (Å²) < 4.78 is 0. The summed E-state index contributed by atoms with van der Waals surface area (Å²) in [7, 11) is 0. The molecule has 0 heterocycles. The van der Waals surface area contributed by atoms with Crippen LogP contribution in [0.2, 0.25) is 0 Å². The van der Waals surface area contributed by atoms with E-state index in [2.05, 4.69) is 24.4 Å².